The summed E-state index contributed by atoms with van der Waals surface area (Å²) in [5, 5.41) is 0. The van der Waals surface area contributed by atoms with Crippen LogP contribution in [-0.2, 0) is 22.3 Å². The molecule has 6 heteroatoms. The highest BCUT2D eigenvalue weighted by molar-refractivity contribution is 7.88. The molecule has 0 unspecified atom stereocenters. The van der Waals surface area contributed by atoms with Crippen molar-refractivity contribution >= 4 is 10.0 Å². The number of benzene rings is 1. The van der Waals surface area contributed by atoms with E-state index in [-0.39, 0.29) is 5.75 Å². The number of sulfonamides is 1. The molecule has 0 aliphatic rings. The number of rotatable bonds is 9. The molecule has 1 aromatic carbocycles. The van der Waals surface area contributed by atoms with Gasteiger partial charge < -0.3 is 10.6 Å². The Bertz CT molecular complexity index is 499. The molecule has 0 bridgehead atoms. The van der Waals surface area contributed by atoms with Crippen molar-refractivity contribution in [2.45, 2.75) is 26.1 Å². The minimum absolute atomic E-state index is 0.000903. The lowest BCUT2D eigenvalue weighted by molar-refractivity contribution is 0.309. The zero-order valence-electron chi connectivity index (χ0n) is 12.3. The second kappa shape index (κ2) is 8.36. The topological polar surface area (TPSA) is 75.4 Å². The van der Waals surface area contributed by atoms with Crippen LogP contribution in [-0.4, -0.2) is 39.5 Å². The predicted molar refractivity (Wildman–Crippen MR) is 82.7 cm³/mol. The molecular weight excluding hydrogens is 274 g/mol. The molecule has 0 radical (unpaired) electrons. The Hall–Kier alpha value is -0.950. The molecule has 0 heterocycles. The standard InChI is InChI=1S/C14H25N3O2S/c1-3-17(4-2)9-8-16-20(18,19)12-14-7-5-6-13(10-14)11-15/h5-7,10,16H,3-4,8-9,11-12,15H2,1-2H3. The van der Waals surface area contributed by atoms with E-state index in [0.29, 0.717) is 13.1 Å². The molecule has 114 valence electrons. The van der Waals surface area contributed by atoms with Gasteiger partial charge in [-0.2, -0.15) is 0 Å². The average molecular weight is 299 g/mol. The van der Waals surface area contributed by atoms with Crippen LogP contribution < -0.4 is 10.5 Å². The van der Waals surface area contributed by atoms with E-state index in [4.69, 9.17) is 5.73 Å². The summed E-state index contributed by atoms with van der Waals surface area (Å²) >= 11 is 0. The van der Waals surface area contributed by atoms with Crippen LogP contribution in [0.5, 0.6) is 0 Å². The number of nitrogens with two attached hydrogens (primary N) is 1. The number of hydrogen-bond donors (Lipinski definition) is 2. The van der Waals surface area contributed by atoms with Gasteiger partial charge in [0.05, 0.1) is 5.75 Å². The van der Waals surface area contributed by atoms with E-state index in [0.717, 1.165) is 30.8 Å². The molecule has 0 saturated heterocycles. The van der Waals surface area contributed by atoms with Gasteiger partial charge in [0, 0.05) is 19.6 Å². The molecular formula is C14H25N3O2S. The first-order valence-electron chi connectivity index (χ1n) is 6.98. The molecule has 0 aromatic heterocycles. The lowest BCUT2D eigenvalue weighted by Gasteiger charge is -2.18. The molecule has 0 fully saturated rings. The first-order valence-corrected chi connectivity index (χ1v) is 8.63. The second-order valence-corrected chi connectivity index (χ2v) is 6.51. The quantitative estimate of drug-likeness (QED) is 0.710. The molecule has 0 amide bonds. The van der Waals surface area contributed by atoms with Crippen LogP contribution >= 0.6 is 0 Å². The molecule has 1 rings (SSSR count). The van der Waals surface area contributed by atoms with Crippen molar-refractivity contribution in [3.63, 3.8) is 0 Å². The maximum atomic E-state index is 12.0. The van der Waals surface area contributed by atoms with Gasteiger partial charge in [0.15, 0.2) is 0 Å². The largest absolute Gasteiger partial charge is 0.326 e. The van der Waals surface area contributed by atoms with E-state index >= 15 is 0 Å². The van der Waals surface area contributed by atoms with Crippen LogP contribution in [0.1, 0.15) is 25.0 Å². The van der Waals surface area contributed by atoms with Gasteiger partial charge in [-0.1, -0.05) is 38.1 Å². The highest BCUT2D eigenvalue weighted by Crippen LogP contribution is 2.08. The molecule has 0 aliphatic carbocycles. The Morgan fingerprint density at radius 3 is 2.45 bits per heavy atom. The zero-order chi connectivity index (χ0) is 15.0. The maximum Gasteiger partial charge on any atom is 0.215 e. The van der Waals surface area contributed by atoms with E-state index in [9.17, 15) is 8.42 Å². The van der Waals surface area contributed by atoms with Crippen LogP contribution in [0.4, 0.5) is 0 Å². The molecule has 0 atom stereocenters. The van der Waals surface area contributed by atoms with Crippen molar-refractivity contribution < 1.29 is 8.42 Å². The van der Waals surface area contributed by atoms with E-state index in [2.05, 4.69) is 23.5 Å². The number of hydrogen-bond acceptors (Lipinski definition) is 4. The van der Waals surface area contributed by atoms with Crippen molar-refractivity contribution in [2.24, 2.45) is 5.73 Å². The summed E-state index contributed by atoms with van der Waals surface area (Å²) in [7, 11) is -3.29. The SMILES string of the molecule is CCN(CC)CCNS(=O)(=O)Cc1cccc(CN)c1. The summed E-state index contributed by atoms with van der Waals surface area (Å²) in [6.07, 6.45) is 0. The van der Waals surface area contributed by atoms with Crippen LogP contribution in [0, 0.1) is 0 Å². The van der Waals surface area contributed by atoms with Gasteiger partial charge in [-0.3, -0.25) is 0 Å². The monoisotopic (exact) mass is 299 g/mol. The summed E-state index contributed by atoms with van der Waals surface area (Å²) in [5.41, 5.74) is 7.27. The zero-order valence-corrected chi connectivity index (χ0v) is 13.1. The van der Waals surface area contributed by atoms with Crippen molar-refractivity contribution in [1.29, 1.82) is 0 Å². The predicted octanol–water partition coefficient (Wildman–Crippen LogP) is 0.907. The van der Waals surface area contributed by atoms with Crippen molar-refractivity contribution in [3.05, 3.63) is 35.4 Å². The molecule has 0 aliphatic heterocycles. The van der Waals surface area contributed by atoms with E-state index in [1.807, 2.05) is 24.3 Å². The van der Waals surface area contributed by atoms with Crippen LogP contribution in [0.2, 0.25) is 0 Å². The average Bonchev–Trinajstić information content (AvgIpc) is 2.43. The third-order valence-electron chi connectivity index (χ3n) is 3.23. The number of nitrogens with one attached hydrogen (secondary N) is 1. The highest BCUT2D eigenvalue weighted by Gasteiger charge is 2.11. The summed E-state index contributed by atoms with van der Waals surface area (Å²) in [6.45, 7) is 7.58. The maximum absolute atomic E-state index is 12.0. The first kappa shape index (κ1) is 17.1. The Labute approximate surface area is 122 Å². The smallest absolute Gasteiger partial charge is 0.215 e. The lowest BCUT2D eigenvalue weighted by Crippen LogP contribution is -2.35. The van der Waals surface area contributed by atoms with Gasteiger partial charge in [-0.05, 0) is 24.2 Å². The summed E-state index contributed by atoms with van der Waals surface area (Å²) in [4.78, 5) is 2.18. The fraction of sp³-hybridized carbons (Fsp3) is 0.571. The van der Waals surface area contributed by atoms with E-state index in [1.54, 1.807) is 0 Å². The Kier molecular flexibility index (Phi) is 7.15. The number of likely N-dealkylation sites (N-methyl/N-ethyl adjacent to an activating group) is 1. The molecule has 20 heavy (non-hydrogen) atoms. The Morgan fingerprint density at radius 2 is 1.85 bits per heavy atom. The molecule has 5 nitrogen and oxygen atoms in total. The van der Waals surface area contributed by atoms with Gasteiger partial charge >= 0.3 is 0 Å². The van der Waals surface area contributed by atoms with E-state index in [1.165, 1.54) is 0 Å². The second-order valence-electron chi connectivity index (χ2n) is 4.70. The van der Waals surface area contributed by atoms with Gasteiger partial charge in [-0.15, -0.1) is 0 Å². The van der Waals surface area contributed by atoms with Gasteiger partial charge in [0.25, 0.3) is 0 Å². The van der Waals surface area contributed by atoms with Crippen LogP contribution in [0.3, 0.4) is 0 Å². The van der Waals surface area contributed by atoms with Gasteiger partial charge in [0.1, 0.15) is 0 Å². The Balaban J connectivity index is 2.52. The van der Waals surface area contributed by atoms with Gasteiger partial charge in [-0.25, -0.2) is 13.1 Å². The fourth-order valence-corrected chi connectivity index (χ4v) is 3.14. The fourth-order valence-electron chi connectivity index (χ4n) is 2.02. The minimum atomic E-state index is -3.29. The third-order valence-corrected chi connectivity index (χ3v) is 4.59. The molecule has 0 spiro atoms. The molecule has 1 aromatic rings. The third kappa shape index (κ3) is 6.00. The number of nitrogens with zero attached hydrogens (tertiary/aromatic N) is 1. The van der Waals surface area contributed by atoms with Crippen molar-refractivity contribution in [1.82, 2.24) is 9.62 Å². The summed E-state index contributed by atoms with van der Waals surface area (Å²) < 4.78 is 26.6. The summed E-state index contributed by atoms with van der Waals surface area (Å²) in [5.74, 6) is -0.000903. The van der Waals surface area contributed by atoms with Gasteiger partial charge in [0.2, 0.25) is 10.0 Å². The van der Waals surface area contributed by atoms with Crippen molar-refractivity contribution in [2.75, 3.05) is 26.2 Å². The molecule has 3 N–H and O–H groups in total. The van der Waals surface area contributed by atoms with Crippen LogP contribution in [0.15, 0.2) is 24.3 Å². The first-order chi connectivity index (χ1) is 9.50. The summed E-state index contributed by atoms with van der Waals surface area (Å²) in [6, 6.07) is 7.37. The minimum Gasteiger partial charge on any atom is -0.326 e. The van der Waals surface area contributed by atoms with Crippen LogP contribution in [0.25, 0.3) is 0 Å². The molecule has 0 saturated carbocycles. The Morgan fingerprint density at radius 1 is 1.20 bits per heavy atom. The van der Waals surface area contributed by atoms with Crippen molar-refractivity contribution in [3.8, 4) is 0 Å². The normalized spacial score (nSPS) is 12.0. The lowest BCUT2D eigenvalue weighted by atomic mass is 10.1. The highest BCUT2D eigenvalue weighted by atomic mass is 32.2. The van der Waals surface area contributed by atoms with E-state index < -0.39 is 10.0 Å².